The number of non-ortho nitro benzene ring substituents is 1. The molecule has 8 heteroatoms. The van der Waals surface area contributed by atoms with E-state index >= 15 is 0 Å². The predicted molar refractivity (Wildman–Crippen MR) is 95.5 cm³/mol. The van der Waals surface area contributed by atoms with Crippen molar-refractivity contribution < 1.29 is 19.2 Å². The molecule has 0 aliphatic heterocycles. The molecule has 2 aromatic rings. The summed E-state index contributed by atoms with van der Waals surface area (Å²) in [5.74, 6) is -1.25. The normalized spacial score (nSPS) is 11.4. The molecule has 1 amide bonds. The van der Waals surface area contributed by atoms with Gasteiger partial charge in [-0.25, -0.2) is 4.79 Å². The summed E-state index contributed by atoms with van der Waals surface area (Å²) in [7, 11) is 0. The third kappa shape index (κ3) is 5.04. The van der Waals surface area contributed by atoms with E-state index in [4.69, 9.17) is 10.5 Å². The molecular formula is C18H19N3O5. The van der Waals surface area contributed by atoms with Gasteiger partial charge in [-0.3, -0.25) is 14.9 Å². The highest BCUT2D eigenvalue weighted by Gasteiger charge is 2.21. The first-order valence-corrected chi connectivity index (χ1v) is 7.95. The highest BCUT2D eigenvalue weighted by molar-refractivity contribution is 5.97. The first-order chi connectivity index (χ1) is 12.4. The molecule has 0 saturated carbocycles. The van der Waals surface area contributed by atoms with Crippen LogP contribution in [0.3, 0.4) is 0 Å². The molecule has 2 rings (SSSR count). The fourth-order valence-corrected chi connectivity index (χ4v) is 2.25. The Kier molecular flexibility index (Phi) is 6.26. The summed E-state index contributed by atoms with van der Waals surface area (Å²) >= 11 is 0. The summed E-state index contributed by atoms with van der Waals surface area (Å²) in [4.78, 5) is 34.2. The molecule has 2 aromatic carbocycles. The minimum absolute atomic E-state index is 0.0282. The maximum Gasteiger partial charge on any atom is 0.341 e. The Bertz CT molecular complexity index is 808. The molecule has 0 saturated heterocycles. The third-order valence-electron chi connectivity index (χ3n) is 3.67. The molecule has 1 atom stereocenters. The largest absolute Gasteiger partial charge is 0.449 e. The number of anilines is 1. The summed E-state index contributed by atoms with van der Waals surface area (Å²) in [6.07, 6.45) is -0.365. The number of amides is 1. The van der Waals surface area contributed by atoms with Crippen LogP contribution in [0.1, 0.15) is 22.8 Å². The van der Waals surface area contributed by atoms with E-state index in [0.717, 1.165) is 17.7 Å². The van der Waals surface area contributed by atoms with E-state index in [9.17, 15) is 19.7 Å². The maximum atomic E-state index is 12.1. The van der Waals surface area contributed by atoms with Gasteiger partial charge >= 0.3 is 5.97 Å². The van der Waals surface area contributed by atoms with Gasteiger partial charge in [0.15, 0.2) is 6.10 Å². The second kappa shape index (κ2) is 8.61. The van der Waals surface area contributed by atoms with Crippen molar-refractivity contribution in [3.63, 3.8) is 0 Å². The van der Waals surface area contributed by atoms with E-state index in [1.807, 2.05) is 30.3 Å². The summed E-state index contributed by atoms with van der Waals surface area (Å²) in [5, 5.41) is 13.4. The molecule has 0 radical (unpaired) electrons. The number of benzene rings is 2. The van der Waals surface area contributed by atoms with Crippen molar-refractivity contribution in [2.75, 3.05) is 12.3 Å². The molecule has 0 aliphatic rings. The topological polar surface area (TPSA) is 125 Å². The molecule has 3 N–H and O–H groups in total. The number of nitrogen functional groups attached to an aromatic ring is 1. The third-order valence-corrected chi connectivity index (χ3v) is 3.67. The van der Waals surface area contributed by atoms with Gasteiger partial charge in [0, 0.05) is 18.7 Å². The van der Waals surface area contributed by atoms with Gasteiger partial charge in [0.2, 0.25) is 0 Å². The highest BCUT2D eigenvalue weighted by atomic mass is 16.6. The molecule has 0 aromatic heterocycles. The minimum Gasteiger partial charge on any atom is -0.449 e. The number of hydrogen-bond acceptors (Lipinski definition) is 6. The molecule has 8 nitrogen and oxygen atoms in total. The number of nitrogens with one attached hydrogen (secondary N) is 1. The van der Waals surface area contributed by atoms with E-state index in [2.05, 4.69) is 5.32 Å². The zero-order valence-corrected chi connectivity index (χ0v) is 14.2. The molecule has 0 spiro atoms. The second-order valence-corrected chi connectivity index (χ2v) is 5.60. The summed E-state index contributed by atoms with van der Waals surface area (Å²) < 4.78 is 5.08. The Morgan fingerprint density at radius 1 is 1.23 bits per heavy atom. The van der Waals surface area contributed by atoms with Crippen LogP contribution in [-0.4, -0.2) is 29.4 Å². The number of nitrogens with two attached hydrogens (primary N) is 1. The summed E-state index contributed by atoms with van der Waals surface area (Å²) in [6.45, 7) is 1.85. The number of hydrogen-bond donors (Lipinski definition) is 2. The average Bonchev–Trinajstić information content (AvgIpc) is 2.62. The van der Waals surface area contributed by atoms with Crippen LogP contribution in [0, 0.1) is 10.1 Å². The quantitative estimate of drug-likeness (QED) is 0.338. The molecule has 1 unspecified atom stereocenters. The van der Waals surface area contributed by atoms with Gasteiger partial charge in [0.05, 0.1) is 16.2 Å². The first-order valence-electron chi connectivity index (χ1n) is 7.95. The molecule has 0 fully saturated rings. The van der Waals surface area contributed by atoms with Crippen LogP contribution in [0.4, 0.5) is 11.4 Å². The second-order valence-electron chi connectivity index (χ2n) is 5.60. The minimum atomic E-state index is -1.02. The van der Waals surface area contributed by atoms with Gasteiger partial charge in [-0.2, -0.15) is 0 Å². The Morgan fingerprint density at radius 3 is 2.54 bits per heavy atom. The van der Waals surface area contributed by atoms with E-state index in [1.165, 1.54) is 13.0 Å². The lowest BCUT2D eigenvalue weighted by Crippen LogP contribution is -2.37. The van der Waals surface area contributed by atoms with Gasteiger partial charge in [0.25, 0.3) is 11.6 Å². The lowest BCUT2D eigenvalue weighted by Gasteiger charge is -2.14. The van der Waals surface area contributed by atoms with Crippen LogP contribution in [-0.2, 0) is 16.0 Å². The van der Waals surface area contributed by atoms with E-state index < -0.39 is 22.9 Å². The fraction of sp³-hybridized carbons (Fsp3) is 0.222. The zero-order valence-electron chi connectivity index (χ0n) is 14.2. The van der Waals surface area contributed by atoms with Gasteiger partial charge in [0.1, 0.15) is 0 Å². The van der Waals surface area contributed by atoms with Crippen molar-refractivity contribution in [3.05, 3.63) is 69.8 Å². The van der Waals surface area contributed by atoms with Crippen LogP contribution in [0.25, 0.3) is 0 Å². The number of ether oxygens (including phenoxy) is 1. The lowest BCUT2D eigenvalue weighted by atomic mass is 10.1. The molecule has 0 bridgehead atoms. The first kappa shape index (κ1) is 18.9. The number of esters is 1. The molecule has 26 heavy (non-hydrogen) atoms. The standard InChI is InChI=1S/C18H19N3O5/c1-12(17(22)20-10-9-13-5-3-2-4-6-13)26-18(23)15-8-7-14(21(24)25)11-16(15)19/h2-8,11-12H,9-10,19H2,1H3,(H,20,22). The number of rotatable bonds is 7. The molecular weight excluding hydrogens is 338 g/mol. The zero-order chi connectivity index (χ0) is 19.1. The van der Waals surface area contributed by atoms with Crippen molar-refractivity contribution in [2.24, 2.45) is 0 Å². The maximum absolute atomic E-state index is 12.1. The Labute approximate surface area is 150 Å². The van der Waals surface area contributed by atoms with E-state index in [-0.39, 0.29) is 16.9 Å². The molecule has 0 aliphatic carbocycles. The van der Waals surface area contributed by atoms with Gasteiger partial charge in [-0.05, 0) is 25.0 Å². The lowest BCUT2D eigenvalue weighted by molar-refractivity contribution is -0.384. The molecule has 136 valence electrons. The smallest absolute Gasteiger partial charge is 0.341 e. The number of carbonyl (C=O) groups excluding carboxylic acids is 2. The van der Waals surface area contributed by atoms with Crippen molar-refractivity contribution in [2.45, 2.75) is 19.4 Å². The SMILES string of the molecule is CC(OC(=O)c1ccc([N+](=O)[O-])cc1N)C(=O)NCCc1ccccc1. The highest BCUT2D eigenvalue weighted by Crippen LogP contribution is 2.20. The van der Waals surface area contributed by atoms with Gasteiger partial charge in [-0.1, -0.05) is 30.3 Å². The van der Waals surface area contributed by atoms with E-state index in [0.29, 0.717) is 13.0 Å². The van der Waals surface area contributed by atoms with Crippen LogP contribution in [0.15, 0.2) is 48.5 Å². The van der Waals surface area contributed by atoms with Crippen molar-refractivity contribution in [1.82, 2.24) is 5.32 Å². The molecule has 0 heterocycles. The van der Waals surface area contributed by atoms with Crippen molar-refractivity contribution in [1.29, 1.82) is 0 Å². The Hall–Kier alpha value is -3.42. The van der Waals surface area contributed by atoms with Crippen molar-refractivity contribution >= 4 is 23.3 Å². The summed E-state index contributed by atoms with van der Waals surface area (Å²) in [5.41, 5.74) is 6.39. The monoisotopic (exact) mass is 357 g/mol. The summed E-state index contributed by atoms with van der Waals surface area (Å²) in [6, 6.07) is 13.1. The van der Waals surface area contributed by atoms with Crippen LogP contribution in [0.5, 0.6) is 0 Å². The van der Waals surface area contributed by atoms with E-state index in [1.54, 1.807) is 0 Å². The van der Waals surface area contributed by atoms with Crippen molar-refractivity contribution in [3.8, 4) is 0 Å². The number of nitro groups is 1. The Morgan fingerprint density at radius 2 is 1.92 bits per heavy atom. The van der Waals surface area contributed by atoms with Gasteiger partial charge in [-0.15, -0.1) is 0 Å². The van der Waals surface area contributed by atoms with Crippen LogP contribution >= 0.6 is 0 Å². The van der Waals surface area contributed by atoms with Crippen LogP contribution < -0.4 is 11.1 Å². The fourth-order valence-electron chi connectivity index (χ4n) is 2.25. The van der Waals surface area contributed by atoms with Gasteiger partial charge < -0.3 is 15.8 Å². The average molecular weight is 357 g/mol. The number of carbonyl (C=O) groups is 2. The number of nitro benzene ring substituents is 1. The Balaban J connectivity index is 1.87. The van der Waals surface area contributed by atoms with Crippen LogP contribution in [0.2, 0.25) is 0 Å². The predicted octanol–water partition coefficient (Wildman–Crippen LogP) is 2.08. The number of nitrogens with zero attached hydrogens (tertiary/aromatic N) is 1.